The summed E-state index contributed by atoms with van der Waals surface area (Å²) in [7, 11) is -3.60. The molecule has 2 heterocycles. The summed E-state index contributed by atoms with van der Waals surface area (Å²) in [4.78, 5) is 3.83. The number of sulfonamides is 1. The molecular formula is C22H23BrN2O2S. The van der Waals surface area contributed by atoms with Crippen LogP contribution < -0.4 is 0 Å². The first-order chi connectivity index (χ1) is 13.3. The highest BCUT2D eigenvalue weighted by atomic mass is 79.9. The highest BCUT2D eigenvalue weighted by molar-refractivity contribution is 9.10. The Labute approximate surface area is 174 Å². The number of halogens is 1. The average Bonchev–Trinajstić information content (AvgIpc) is 3.00. The van der Waals surface area contributed by atoms with E-state index in [1.807, 2.05) is 51.1 Å². The third-order valence-electron chi connectivity index (χ3n) is 5.21. The van der Waals surface area contributed by atoms with Gasteiger partial charge in [-0.1, -0.05) is 45.3 Å². The molecule has 1 N–H and O–H groups in total. The van der Waals surface area contributed by atoms with Gasteiger partial charge in [0, 0.05) is 27.6 Å². The van der Waals surface area contributed by atoms with Crippen LogP contribution in [0.3, 0.4) is 0 Å². The van der Waals surface area contributed by atoms with Crippen molar-refractivity contribution in [2.24, 2.45) is 0 Å². The lowest BCUT2D eigenvalue weighted by atomic mass is 9.98. The number of aromatic amines is 1. The Balaban J connectivity index is 1.87. The Morgan fingerprint density at radius 3 is 2.57 bits per heavy atom. The van der Waals surface area contributed by atoms with Crippen molar-refractivity contribution in [3.8, 4) is 0 Å². The number of benzene rings is 2. The van der Waals surface area contributed by atoms with Crippen LogP contribution in [0.4, 0.5) is 0 Å². The van der Waals surface area contributed by atoms with E-state index in [1.54, 1.807) is 16.4 Å². The van der Waals surface area contributed by atoms with E-state index < -0.39 is 10.0 Å². The Kier molecular flexibility index (Phi) is 4.98. The third-order valence-corrected chi connectivity index (χ3v) is 7.60. The van der Waals surface area contributed by atoms with Crippen molar-refractivity contribution >= 4 is 36.9 Å². The van der Waals surface area contributed by atoms with Crippen LogP contribution in [0.15, 0.2) is 63.5 Å². The van der Waals surface area contributed by atoms with Crippen LogP contribution in [0.25, 0.3) is 10.9 Å². The van der Waals surface area contributed by atoms with Crippen molar-refractivity contribution in [1.82, 2.24) is 9.29 Å². The lowest BCUT2D eigenvalue weighted by Gasteiger charge is -2.33. The monoisotopic (exact) mass is 458 g/mol. The molecule has 2 aromatic carbocycles. The summed E-state index contributed by atoms with van der Waals surface area (Å²) in [6.45, 7) is 6.42. The molecule has 1 aliphatic heterocycles. The van der Waals surface area contributed by atoms with Crippen LogP contribution in [0.1, 0.15) is 36.7 Å². The number of aromatic nitrogens is 1. The standard InChI is InChI=1S/C22H23BrN2O2S/c1-14(2)12-21-22-18(19-13-16(23)6-9-20(19)24-22)10-11-25(21)28(26,27)17-7-4-15(3)5-8-17/h4-9,12-13,21,24H,10-11H2,1-3H3. The number of rotatable bonds is 3. The van der Waals surface area contributed by atoms with Crippen molar-refractivity contribution in [2.75, 3.05) is 6.54 Å². The van der Waals surface area contributed by atoms with Gasteiger partial charge in [0.25, 0.3) is 0 Å². The summed E-state index contributed by atoms with van der Waals surface area (Å²) >= 11 is 3.55. The summed E-state index contributed by atoms with van der Waals surface area (Å²) in [6.07, 6.45) is 2.72. The lowest BCUT2D eigenvalue weighted by molar-refractivity contribution is 0.347. The zero-order valence-corrected chi connectivity index (χ0v) is 18.6. The van der Waals surface area contributed by atoms with Crippen LogP contribution >= 0.6 is 15.9 Å². The second-order valence-electron chi connectivity index (χ2n) is 7.57. The number of aryl methyl sites for hydroxylation is 1. The fraction of sp³-hybridized carbons (Fsp3) is 0.273. The summed E-state index contributed by atoms with van der Waals surface area (Å²) in [6, 6.07) is 12.9. The molecule has 28 heavy (non-hydrogen) atoms. The molecule has 0 saturated heterocycles. The van der Waals surface area contributed by atoms with Crippen LogP contribution in [-0.4, -0.2) is 24.3 Å². The van der Waals surface area contributed by atoms with Gasteiger partial charge < -0.3 is 4.98 Å². The van der Waals surface area contributed by atoms with Gasteiger partial charge in [-0.25, -0.2) is 8.42 Å². The van der Waals surface area contributed by atoms with E-state index in [-0.39, 0.29) is 6.04 Å². The SMILES string of the molecule is CC(C)=CC1c2[nH]c3ccc(Br)cc3c2CCN1S(=O)(=O)c1ccc(C)cc1. The van der Waals surface area contributed by atoms with Gasteiger partial charge in [-0.2, -0.15) is 4.31 Å². The minimum atomic E-state index is -3.60. The molecule has 3 aromatic rings. The van der Waals surface area contributed by atoms with Gasteiger partial charge >= 0.3 is 0 Å². The topological polar surface area (TPSA) is 53.2 Å². The Morgan fingerprint density at radius 2 is 1.89 bits per heavy atom. The highest BCUT2D eigenvalue weighted by Gasteiger charge is 2.37. The summed E-state index contributed by atoms with van der Waals surface area (Å²) < 4.78 is 29.5. The molecule has 0 aliphatic carbocycles. The fourth-order valence-electron chi connectivity index (χ4n) is 3.87. The number of fused-ring (bicyclic) bond motifs is 3. The summed E-state index contributed by atoms with van der Waals surface area (Å²) in [5.41, 5.74) is 5.34. The highest BCUT2D eigenvalue weighted by Crippen LogP contribution is 2.39. The van der Waals surface area contributed by atoms with Gasteiger partial charge in [0.2, 0.25) is 10.0 Å². The summed E-state index contributed by atoms with van der Waals surface area (Å²) in [5.74, 6) is 0. The molecule has 1 unspecified atom stereocenters. The second kappa shape index (κ2) is 7.17. The Morgan fingerprint density at radius 1 is 1.18 bits per heavy atom. The zero-order chi connectivity index (χ0) is 20.1. The maximum absolute atomic E-state index is 13.4. The van der Waals surface area contributed by atoms with Gasteiger partial charge in [-0.15, -0.1) is 0 Å². The van der Waals surface area contributed by atoms with Gasteiger partial charge in [-0.05, 0) is 63.1 Å². The van der Waals surface area contributed by atoms with Gasteiger partial charge in [-0.3, -0.25) is 0 Å². The third kappa shape index (κ3) is 3.34. The maximum Gasteiger partial charge on any atom is 0.243 e. The molecule has 146 valence electrons. The first-order valence-electron chi connectivity index (χ1n) is 9.31. The number of hydrogen-bond donors (Lipinski definition) is 1. The normalized spacial score (nSPS) is 17.5. The van der Waals surface area contributed by atoms with Crippen LogP contribution in [0.5, 0.6) is 0 Å². The fourth-order valence-corrected chi connectivity index (χ4v) is 5.77. The minimum Gasteiger partial charge on any atom is -0.357 e. The first kappa shape index (κ1) is 19.4. The van der Waals surface area contributed by atoms with E-state index in [2.05, 4.69) is 27.0 Å². The largest absolute Gasteiger partial charge is 0.357 e. The second-order valence-corrected chi connectivity index (χ2v) is 10.4. The van der Waals surface area contributed by atoms with E-state index >= 15 is 0 Å². The van der Waals surface area contributed by atoms with Crippen molar-refractivity contribution < 1.29 is 8.42 Å². The van der Waals surface area contributed by atoms with Crippen molar-refractivity contribution in [2.45, 2.75) is 38.1 Å². The van der Waals surface area contributed by atoms with Crippen LogP contribution in [0, 0.1) is 6.92 Å². The Hall–Kier alpha value is -1.89. The van der Waals surface area contributed by atoms with E-state index in [1.165, 1.54) is 5.56 Å². The molecule has 1 atom stereocenters. The number of hydrogen-bond acceptors (Lipinski definition) is 2. The molecule has 4 rings (SSSR count). The smallest absolute Gasteiger partial charge is 0.243 e. The molecule has 1 aromatic heterocycles. The molecule has 0 amide bonds. The van der Waals surface area contributed by atoms with Crippen molar-refractivity contribution in [1.29, 1.82) is 0 Å². The number of nitrogens with one attached hydrogen (secondary N) is 1. The molecule has 0 spiro atoms. The summed E-state index contributed by atoms with van der Waals surface area (Å²) in [5, 5.41) is 1.16. The molecule has 4 nitrogen and oxygen atoms in total. The number of H-pyrrole nitrogens is 1. The molecular weight excluding hydrogens is 436 g/mol. The average molecular weight is 459 g/mol. The molecule has 0 radical (unpaired) electrons. The zero-order valence-electron chi connectivity index (χ0n) is 16.2. The van der Waals surface area contributed by atoms with E-state index in [0.717, 1.165) is 32.2 Å². The molecule has 0 fully saturated rings. The van der Waals surface area contributed by atoms with E-state index in [9.17, 15) is 8.42 Å². The van der Waals surface area contributed by atoms with Crippen molar-refractivity contribution in [3.05, 3.63) is 75.4 Å². The quantitative estimate of drug-likeness (QED) is 0.527. The van der Waals surface area contributed by atoms with Crippen LogP contribution in [-0.2, 0) is 16.4 Å². The van der Waals surface area contributed by atoms with Crippen LogP contribution in [0.2, 0.25) is 0 Å². The molecule has 0 bridgehead atoms. The number of allylic oxidation sites excluding steroid dienone is 1. The first-order valence-corrected chi connectivity index (χ1v) is 11.5. The van der Waals surface area contributed by atoms with Gasteiger partial charge in [0.05, 0.1) is 10.9 Å². The Bertz CT molecular complexity index is 1170. The molecule has 1 aliphatic rings. The predicted molar refractivity (Wildman–Crippen MR) is 117 cm³/mol. The van der Waals surface area contributed by atoms with Gasteiger partial charge in [0.15, 0.2) is 0 Å². The number of nitrogens with zero attached hydrogens (tertiary/aromatic N) is 1. The lowest BCUT2D eigenvalue weighted by Crippen LogP contribution is -2.39. The molecule has 6 heteroatoms. The van der Waals surface area contributed by atoms with E-state index in [4.69, 9.17) is 0 Å². The maximum atomic E-state index is 13.4. The van der Waals surface area contributed by atoms with E-state index in [0.29, 0.717) is 17.9 Å². The molecule has 0 saturated carbocycles. The van der Waals surface area contributed by atoms with Gasteiger partial charge in [0.1, 0.15) is 0 Å². The van der Waals surface area contributed by atoms with Crippen molar-refractivity contribution in [3.63, 3.8) is 0 Å². The predicted octanol–water partition coefficient (Wildman–Crippen LogP) is 5.49. The minimum absolute atomic E-state index is 0.340.